The van der Waals surface area contributed by atoms with Crippen LogP contribution in [-0.2, 0) is 4.74 Å². The number of alkyl halides is 8. The third-order valence-electron chi connectivity index (χ3n) is 3.88. The maximum absolute atomic E-state index is 14.3. The lowest BCUT2D eigenvalue weighted by molar-refractivity contribution is -0.297. The summed E-state index contributed by atoms with van der Waals surface area (Å²) in [5.74, 6) is -17.7. The average molecular weight is 312 g/mol. The van der Waals surface area contributed by atoms with E-state index in [2.05, 4.69) is 4.74 Å². The lowest BCUT2D eigenvalue weighted by atomic mass is 9.88. The minimum Gasteiger partial charge on any atom is -0.375 e. The van der Waals surface area contributed by atoms with Gasteiger partial charge in [0.15, 0.2) is 0 Å². The predicted molar refractivity (Wildman–Crippen MR) is 51.8 cm³/mol. The highest BCUT2D eigenvalue weighted by Crippen LogP contribution is 2.65. The summed E-state index contributed by atoms with van der Waals surface area (Å²) in [7, 11) is 0. The third kappa shape index (κ3) is 1.64. The van der Waals surface area contributed by atoms with Crippen molar-refractivity contribution in [3.8, 4) is 0 Å². The van der Waals surface area contributed by atoms with Crippen molar-refractivity contribution in [1.29, 1.82) is 0 Å². The van der Waals surface area contributed by atoms with Crippen molar-refractivity contribution in [3.05, 3.63) is 0 Å². The minimum absolute atomic E-state index is 0.107. The molecule has 2 rings (SSSR count). The number of halogens is 8. The Kier molecular flexibility index (Phi) is 3.51. The summed E-state index contributed by atoms with van der Waals surface area (Å²) < 4.78 is 112. The first-order valence-corrected chi connectivity index (χ1v) is 6.09. The maximum atomic E-state index is 14.3. The van der Waals surface area contributed by atoms with Crippen molar-refractivity contribution in [2.75, 3.05) is 6.61 Å². The molecule has 1 nitrogen and oxygen atoms in total. The van der Waals surface area contributed by atoms with Crippen LogP contribution in [0.1, 0.15) is 25.7 Å². The van der Waals surface area contributed by atoms with Gasteiger partial charge in [-0.25, -0.2) is 8.78 Å². The smallest absolute Gasteiger partial charge is 0.375 e. The van der Waals surface area contributed by atoms with Crippen LogP contribution in [0, 0.1) is 0 Å². The van der Waals surface area contributed by atoms with Crippen LogP contribution in [0.25, 0.3) is 0 Å². The normalized spacial score (nSPS) is 43.2. The van der Waals surface area contributed by atoms with Crippen LogP contribution in [0.5, 0.6) is 0 Å². The van der Waals surface area contributed by atoms with E-state index in [-0.39, 0.29) is 13.0 Å². The Labute approximate surface area is 109 Å². The van der Waals surface area contributed by atoms with E-state index in [1.165, 1.54) is 0 Å². The van der Waals surface area contributed by atoms with Crippen molar-refractivity contribution in [3.63, 3.8) is 0 Å². The van der Waals surface area contributed by atoms with E-state index >= 15 is 0 Å². The summed E-state index contributed by atoms with van der Waals surface area (Å²) in [5, 5.41) is 0. The molecular formula is C11H12F8O. The van der Waals surface area contributed by atoms with Gasteiger partial charge in [-0.05, 0) is 12.8 Å². The SMILES string of the molecule is FC1C(F)(F)C(F)(F)C(F)(F)C1(F)C1CCCCCO1. The molecule has 0 radical (unpaired) electrons. The fourth-order valence-electron chi connectivity index (χ4n) is 2.65. The van der Waals surface area contributed by atoms with Gasteiger partial charge in [0, 0.05) is 6.61 Å². The zero-order valence-corrected chi connectivity index (χ0v) is 10.1. The highest BCUT2D eigenvalue weighted by Gasteiger charge is 2.94. The number of hydrogen-bond acceptors (Lipinski definition) is 1. The van der Waals surface area contributed by atoms with Gasteiger partial charge in [0.1, 0.15) is 6.10 Å². The molecular weight excluding hydrogens is 300 g/mol. The highest BCUT2D eigenvalue weighted by atomic mass is 19.4. The van der Waals surface area contributed by atoms with Crippen LogP contribution in [0.3, 0.4) is 0 Å². The summed E-state index contributed by atoms with van der Waals surface area (Å²) in [5.41, 5.74) is -4.75. The number of ether oxygens (including phenoxy) is 1. The quantitative estimate of drug-likeness (QED) is 0.667. The molecule has 0 bridgehead atoms. The molecule has 3 atom stereocenters. The number of hydrogen-bond donors (Lipinski definition) is 0. The minimum atomic E-state index is -6.11. The van der Waals surface area contributed by atoms with Crippen LogP contribution >= 0.6 is 0 Å². The summed E-state index contributed by atoms with van der Waals surface area (Å²) in [6.07, 6.45) is -6.30. The Bertz CT molecular complexity index is 377. The molecule has 0 spiro atoms. The lowest BCUT2D eigenvalue weighted by Gasteiger charge is -2.35. The zero-order chi connectivity index (χ0) is 15.4. The van der Waals surface area contributed by atoms with E-state index in [9.17, 15) is 35.1 Å². The molecule has 2 fully saturated rings. The molecule has 1 heterocycles. The molecule has 0 aromatic heterocycles. The standard InChI is InChI=1S/C11H12F8O/c12-7-8(13,6-4-2-1-3-5-20-6)10(16,17)11(18,19)9(7,14)15/h6-7H,1-5H2. The molecule has 0 amide bonds. The number of rotatable bonds is 1. The molecule has 1 saturated carbocycles. The van der Waals surface area contributed by atoms with E-state index in [1.807, 2.05) is 0 Å². The molecule has 1 saturated heterocycles. The Morgan fingerprint density at radius 1 is 0.800 bits per heavy atom. The van der Waals surface area contributed by atoms with Gasteiger partial charge in [0.05, 0.1) is 0 Å². The fourth-order valence-corrected chi connectivity index (χ4v) is 2.65. The largest absolute Gasteiger partial charge is 0.378 e. The van der Waals surface area contributed by atoms with Crippen LogP contribution in [-0.4, -0.2) is 42.3 Å². The van der Waals surface area contributed by atoms with Gasteiger partial charge in [-0.15, -0.1) is 0 Å². The third-order valence-corrected chi connectivity index (χ3v) is 3.88. The molecule has 1 aliphatic carbocycles. The molecule has 2 aliphatic rings. The lowest BCUT2D eigenvalue weighted by Crippen LogP contribution is -2.59. The van der Waals surface area contributed by atoms with Crippen molar-refractivity contribution in [2.45, 2.75) is 61.4 Å². The van der Waals surface area contributed by atoms with Crippen LogP contribution < -0.4 is 0 Å². The molecule has 1 aliphatic heterocycles. The topological polar surface area (TPSA) is 9.23 Å². The summed E-state index contributed by atoms with van der Waals surface area (Å²) in [6.45, 7) is -0.268. The summed E-state index contributed by atoms with van der Waals surface area (Å²) >= 11 is 0. The van der Waals surface area contributed by atoms with Gasteiger partial charge in [-0.2, -0.15) is 26.3 Å². The fraction of sp³-hybridized carbons (Fsp3) is 1.00. The average Bonchev–Trinajstić information content (AvgIpc) is 2.62. The molecule has 0 aromatic rings. The predicted octanol–water partition coefficient (Wildman–Crippen LogP) is 3.91. The summed E-state index contributed by atoms with van der Waals surface area (Å²) in [6, 6.07) is 0. The molecule has 3 unspecified atom stereocenters. The van der Waals surface area contributed by atoms with E-state index in [1.54, 1.807) is 0 Å². The van der Waals surface area contributed by atoms with E-state index in [0.29, 0.717) is 12.8 Å². The van der Waals surface area contributed by atoms with E-state index < -0.39 is 42.1 Å². The molecule has 118 valence electrons. The van der Waals surface area contributed by atoms with Gasteiger partial charge in [-0.3, -0.25) is 0 Å². The van der Waals surface area contributed by atoms with Crippen molar-refractivity contribution in [1.82, 2.24) is 0 Å². The monoisotopic (exact) mass is 312 g/mol. The Morgan fingerprint density at radius 3 is 1.90 bits per heavy atom. The summed E-state index contributed by atoms with van der Waals surface area (Å²) in [4.78, 5) is 0. The Balaban J connectivity index is 2.48. The van der Waals surface area contributed by atoms with Gasteiger partial charge < -0.3 is 4.74 Å². The molecule has 0 N–H and O–H groups in total. The van der Waals surface area contributed by atoms with Gasteiger partial charge >= 0.3 is 17.8 Å². The first-order valence-electron chi connectivity index (χ1n) is 6.09. The maximum Gasteiger partial charge on any atom is 0.378 e. The Hall–Kier alpha value is -0.600. The first kappa shape index (κ1) is 15.8. The van der Waals surface area contributed by atoms with Crippen molar-refractivity contribution < 1.29 is 39.9 Å². The van der Waals surface area contributed by atoms with E-state index in [4.69, 9.17) is 0 Å². The van der Waals surface area contributed by atoms with Crippen LogP contribution in [0.15, 0.2) is 0 Å². The van der Waals surface area contributed by atoms with Crippen LogP contribution in [0.2, 0.25) is 0 Å². The van der Waals surface area contributed by atoms with Crippen molar-refractivity contribution >= 4 is 0 Å². The molecule has 9 heteroatoms. The second-order valence-corrected chi connectivity index (χ2v) is 5.11. The van der Waals surface area contributed by atoms with Crippen LogP contribution in [0.4, 0.5) is 35.1 Å². The zero-order valence-electron chi connectivity index (χ0n) is 10.1. The molecule has 0 aromatic carbocycles. The van der Waals surface area contributed by atoms with Crippen molar-refractivity contribution in [2.24, 2.45) is 0 Å². The Morgan fingerprint density at radius 2 is 1.40 bits per heavy atom. The first-order chi connectivity index (χ1) is 9.01. The van der Waals surface area contributed by atoms with E-state index in [0.717, 1.165) is 0 Å². The highest BCUT2D eigenvalue weighted by molar-refractivity contribution is 5.25. The molecule has 20 heavy (non-hydrogen) atoms. The second-order valence-electron chi connectivity index (χ2n) is 5.11. The van der Waals surface area contributed by atoms with Gasteiger partial charge in [0.25, 0.3) is 0 Å². The van der Waals surface area contributed by atoms with Gasteiger partial charge in [0.2, 0.25) is 11.8 Å². The second kappa shape index (κ2) is 4.45. The van der Waals surface area contributed by atoms with Gasteiger partial charge in [-0.1, -0.05) is 12.8 Å².